The fourth-order valence-electron chi connectivity index (χ4n) is 7.57. The molecule has 2 unspecified atom stereocenters. The van der Waals surface area contributed by atoms with E-state index in [1.54, 1.807) is 0 Å². The molecule has 0 fully saturated rings. The highest BCUT2D eigenvalue weighted by atomic mass is 16.3. The highest BCUT2D eigenvalue weighted by Crippen LogP contribution is 2.58. The van der Waals surface area contributed by atoms with Gasteiger partial charge in [0.15, 0.2) is 0 Å². The SMILES string of the molecule is CC1(C)c2cc(-c3ccccc3)ccc2-c2cc3c(cc21)C(O)(c1ccccc1)c1ccccc1C3(O)c1ccccc1. The van der Waals surface area contributed by atoms with Gasteiger partial charge in [0.1, 0.15) is 11.2 Å². The molecule has 43 heavy (non-hydrogen) atoms. The van der Waals surface area contributed by atoms with Gasteiger partial charge in [-0.1, -0.05) is 147 Å². The van der Waals surface area contributed by atoms with Crippen molar-refractivity contribution in [3.63, 3.8) is 0 Å². The molecule has 0 heterocycles. The van der Waals surface area contributed by atoms with Crippen molar-refractivity contribution < 1.29 is 10.2 Å². The van der Waals surface area contributed by atoms with E-state index in [-0.39, 0.29) is 5.41 Å². The Morgan fingerprint density at radius 2 is 0.837 bits per heavy atom. The van der Waals surface area contributed by atoms with Crippen LogP contribution < -0.4 is 0 Å². The maximum Gasteiger partial charge on any atom is 0.141 e. The first-order valence-corrected chi connectivity index (χ1v) is 14.9. The molecular formula is C41H32O2. The molecule has 6 aromatic carbocycles. The molecule has 0 spiro atoms. The summed E-state index contributed by atoms with van der Waals surface area (Å²) in [4.78, 5) is 0. The maximum absolute atomic E-state index is 13.0. The number of fused-ring (bicyclic) bond motifs is 5. The molecule has 0 radical (unpaired) electrons. The predicted molar refractivity (Wildman–Crippen MR) is 173 cm³/mol. The smallest absolute Gasteiger partial charge is 0.141 e. The Kier molecular flexibility index (Phi) is 5.49. The molecular weight excluding hydrogens is 524 g/mol. The van der Waals surface area contributed by atoms with Crippen LogP contribution in [0.5, 0.6) is 0 Å². The molecule has 2 N–H and O–H groups in total. The molecule has 0 amide bonds. The second-order valence-electron chi connectivity index (χ2n) is 12.4. The van der Waals surface area contributed by atoms with Crippen LogP contribution in [0.4, 0.5) is 0 Å². The van der Waals surface area contributed by atoms with E-state index in [2.05, 4.69) is 68.4 Å². The summed E-state index contributed by atoms with van der Waals surface area (Å²) in [6.45, 7) is 4.53. The summed E-state index contributed by atoms with van der Waals surface area (Å²) >= 11 is 0. The fourth-order valence-corrected chi connectivity index (χ4v) is 7.57. The minimum absolute atomic E-state index is 0.316. The molecule has 2 aliphatic carbocycles. The van der Waals surface area contributed by atoms with Gasteiger partial charge in [0.2, 0.25) is 0 Å². The standard InChI is InChI=1S/C41H32O2/c1-39(2)35-24-28(27-14-6-3-7-15-27)22-23-31(35)32-25-37-38(26-36(32)39)41(43,30-18-10-5-11-19-30)34-21-13-12-20-33(34)40(37,42)29-16-8-4-9-17-29/h3-26,42-43H,1-2H3. The van der Waals surface area contributed by atoms with Crippen molar-refractivity contribution in [1.29, 1.82) is 0 Å². The lowest BCUT2D eigenvalue weighted by Crippen LogP contribution is -2.44. The fraction of sp³-hybridized carbons (Fsp3) is 0.122. The zero-order valence-electron chi connectivity index (χ0n) is 24.3. The molecule has 2 atom stereocenters. The second kappa shape index (κ2) is 9.12. The van der Waals surface area contributed by atoms with Crippen molar-refractivity contribution in [1.82, 2.24) is 0 Å². The lowest BCUT2D eigenvalue weighted by Gasteiger charge is -2.45. The van der Waals surface area contributed by atoms with E-state index in [1.807, 2.05) is 91.0 Å². The minimum atomic E-state index is -1.46. The Bertz CT molecular complexity index is 2010. The first kappa shape index (κ1) is 25.9. The highest BCUT2D eigenvalue weighted by Gasteiger charge is 2.52. The Morgan fingerprint density at radius 3 is 1.40 bits per heavy atom. The van der Waals surface area contributed by atoms with Gasteiger partial charge in [-0.2, -0.15) is 0 Å². The predicted octanol–water partition coefficient (Wildman–Crippen LogP) is 8.54. The summed E-state index contributed by atoms with van der Waals surface area (Å²) < 4.78 is 0. The molecule has 2 heteroatoms. The quantitative estimate of drug-likeness (QED) is 0.229. The van der Waals surface area contributed by atoms with Crippen LogP contribution >= 0.6 is 0 Å². The third kappa shape index (κ3) is 3.48. The molecule has 0 aliphatic heterocycles. The summed E-state index contributed by atoms with van der Waals surface area (Å²) in [7, 11) is 0. The first-order chi connectivity index (χ1) is 20.8. The van der Waals surface area contributed by atoms with Crippen molar-refractivity contribution in [2.24, 2.45) is 0 Å². The Labute approximate surface area is 252 Å². The van der Waals surface area contributed by atoms with E-state index >= 15 is 0 Å². The topological polar surface area (TPSA) is 40.5 Å². The largest absolute Gasteiger partial charge is 0.376 e. The molecule has 208 valence electrons. The van der Waals surface area contributed by atoms with E-state index in [4.69, 9.17) is 0 Å². The average Bonchev–Trinajstić information content (AvgIpc) is 3.29. The van der Waals surface area contributed by atoms with Gasteiger partial charge in [0, 0.05) is 11.0 Å². The van der Waals surface area contributed by atoms with Crippen LogP contribution in [-0.2, 0) is 16.6 Å². The van der Waals surface area contributed by atoms with E-state index in [0.29, 0.717) is 22.3 Å². The van der Waals surface area contributed by atoms with Crippen LogP contribution in [0.2, 0.25) is 0 Å². The molecule has 8 rings (SSSR count). The number of rotatable bonds is 3. The van der Waals surface area contributed by atoms with Gasteiger partial charge < -0.3 is 10.2 Å². The summed E-state index contributed by atoms with van der Waals surface area (Å²) in [6.07, 6.45) is 0. The van der Waals surface area contributed by atoms with Crippen LogP contribution in [0.1, 0.15) is 58.4 Å². The van der Waals surface area contributed by atoms with E-state index in [0.717, 1.165) is 22.3 Å². The third-order valence-corrected chi connectivity index (χ3v) is 9.79. The van der Waals surface area contributed by atoms with E-state index < -0.39 is 11.2 Å². The lowest BCUT2D eigenvalue weighted by atomic mass is 9.62. The summed E-state index contributed by atoms with van der Waals surface area (Å²) in [5.41, 5.74) is 8.15. The van der Waals surface area contributed by atoms with E-state index in [9.17, 15) is 10.2 Å². The van der Waals surface area contributed by atoms with Crippen molar-refractivity contribution in [2.45, 2.75) is 30.5 Å². The van der Waals surface area contributed by atoms with Crippen LogP contribution in [-0.4, -0.2) is 10.2 Å². The Hall–Kier alpha value is -4.76. The first-order valence-electron chi connectivity index (χ1n) is 14.9. The van der Waals surface area contributed by atoms with Crippen molar-refractivity contribution in [3.8, 4) is 22.3 Å². The van der Waals surface area contributed by atoms with Gasteiger partial charge in [-0.05, 0) is 73.3 Å². The van der Waals surface area contributed by atoms with Crippen LogP contribution in [0.3, 0.4) is 0 Å². The number of hydrogen-bond donors (Lipinski definition) is 2. The zero-order valence-corrected chi connectivity index (χ0v) is 24.3. The molecule has 2 aliphatic rings. The number of benzene rings is 6. The summed E-state index contributed by atoms with van der Waals surface area (Å²) in [6, 6.07) is 49.0. The molecule has 2 nitrogen and oxygen atoms in total. The zero-order chi connectivity index (χ0) is 29.4. The van der Waals surface area contributed by atoms with Crippen molar-refractivity contribution in [3.05, 3.63) is 190 Å². The van der Waals surface area contributed by atoms with Crippen molar-refractivity contribution in [2.75, 3.05) is 0 Å². The highest BCUT2D eigenvalue weighted by molar-refractivity contribution is 5.86. The van der Waals surface area contributed by atoms with Crippen LogP contribution in [0.15, 0.2) is 146 Å². The molecule has 0 aromatic heterocycles. The van der Waals surface area contributed by atoms with Crippen LogP contribution in [0, 0.1) is 0 Å². The monoisotopic (exact) mass is 556 g/mol. The molecule has 0 saturated carbocycles. The Morgan fingerprint density at radius 1 is 0.372 bits per heavy atom. The summed E-state index contributed by atoms with van der Waals surface area (Å²) in [5.74, 6) is 0. The van der Waals surface area contributed by atoms with Crippen LogP contribution in [0.25, 0.3) is 22.3 Å². The molecule has 6 aromatic rings. The Balaban J connectivity index is 1.46. The average molecular weight is 557 g/mol. The lowest BCUT2D eigenvalue weighted by molar-refractivity contribution is 0.0747. The van der Waals surface area contributed by atoms with Gasteiger partial charge in [-0.15, -0.1) is 0 Å². The summed E-state index contributed by atoms with van der Waals surface area (Å²) in [5, 5.41) is 26.0. The van der Waals surface area contributed by atoms with Gasteiger partial charge >= 0.3 is 0 Å². The third-order valence-electron chi connectivity index (χ3n) is 9.79. The van der Waals surface area contributed by atoms with Gasteiger partial charge in [-0.25, -0.2) is 0 Å². The second-order valence-corrected chi connectivity index (χ2v) is 12.4. The van der Waals surface area contributed by atoms with Gasteiger partial charge in [0.25, 0.3) is 0 Å². The minimum Gasteiger partial charge on any atom is -0.376 e. The van der Waals surface area contributed by atoms with Gasteiger partial charge in [-0.3, -0.25) is 0 Å². The molecule has 0 saturated heterocycles. The van der Waals surface area contributed by atoms with E-state index in [1.165, 1.54) is 22.3 Å². The normalized spacial score (nSPS) is 20.9. The molecule has 0 bridgehead atoms. The van der Waals surface area contributed by atoms with Gasteiger partial charge in [0.05, 0.1) is 0 Å². The van der Waals surface area contributed by atoms with Crippen molar-refractivity contribution >= 4 is 0 Å². The maximum atomic E-state index is 13.0. The number of aliphatic hydroxyl groups is 2. The number of hydrogen-bond acceptors (Lipinski definition) is 2.